The van der Waals surface area contributed by atoms with E-state index in [4.69, 9.17) is 21.1 Å². The van der Waals surface area contributed by atoms with E-state index in [-0.39, 0.29) is 6.10 Å². The Kier molecular flexibility index (Phi) is 7.01. The van der Waals surface area contributed by atoms with Gasteiger partial charge in [-0.3, -0.25) is 0 Å². The summed E-state index contributed by atoms with van der Waals surface area (Å²) in [5.41, 5.74) is 1.000. The smallest absolute Gasteiger partial charge is 0.213 e. The van der Waals surface area contributed by atoms with E-state index in [0.29, 0.717) is 17.5 Å². The number of ether oxygens (including phenoxy) is 2. The van der Waals surface area contributed by atoms with Gasteiger partial charge in [-0.25, -0.2) is 4.98 Å². The van der Waals surface area contributed by atoms with Crippen LogP contribution in [-0.4, -0.2) is 31.3 Å². The van der Waals surface area contributed by atoms with Crippen LogP contribution < -0.4 is 10.1 Å². The fourth-order valence-corrected chi connectivity index (χ4v) is 1.70. The van der Waals surface area contributed by atoms with Crippen LogP contribution >= 0.6 is 11.6 Å². The zero-order valence-corrected chi connectivity index (χ0v) is 12.0. The van der Waals surface area contributed by atoms with Crippen LogP contribution in [0.25, 0.3) is 0 Å². The standard InChI is InChI=1S/C13H21ClN2O2/c1-4-5-15-7-11-6-13(16-8-12(11)14)18-10(2)9-17-3/h6,8,10,15H,4-5,7,9H2,1-3H3. The summed E-state index contributed by atoms with van der Waals surface area (Å²) in [5, 5.41) is 3.96. The molecule has 18 heavy (non-hydrogen) atoms. The molecule has 1 unspecified atom stereocenters. The number of hydrogen-bond acceptors (Lipinski definition) is 4. The van der Waals surface area contributed by atoms with Crippen molar-refractivity contribution in [3.8, 4) is 5.88 Å². The molecule has 1 atom stereocenters. The molecule has 102 valence electrons. The highest BCUT2D eigenvalue weighted by atomic mass is 35.5. The third-order valence-corrected chi connectivity index (χ3v) is 2.72. The fourth-order valence-electron chi connectivity index (χ4n) is 1.53. The predicted molar refractivity (Wildman–Crippen MR) is 73.2 cm³/mol. The minimum atomic E-state index is -0.0277. The average molecular weight is 273 g/mol. The lowest BCUT2D eigenvalue weighted by atomic mass is 10.2. The van der Waals surface area contributed by atoms with Crippen LogP contribution in [0, 0.1) is 0 Å². The van der Waals surface area contributed by atoms with Gasteiger partial charge in [-0.05, 0) is 25.5 Å². The highest BCUT2D eigenvalue weighted by Gasteiger charge is 2.07. The van der Waals surface area contributed by atoms with Crippen molar-refractivity contribution in [2.75, 3.05) is 20.3 Å². The molecule has 0 bridgehead atoms. The van der Waals surface area contributed by atoms with Crippen LogP contribution in [0.1, 0.15) is 25.8 Å². The van der Waals surface area contributed by atoms with Gasteiger partial charge in [0.15, 0.2) is 0 Å². The molecule has 0 fully saturated rings. The number of hydrogen-bond donors (Lipinski definition) is 1. The van der Waals surface area contributed by atoms with E-state index in [1.54, 1.807) is 13.3 Å². The number of nitrogens with one attached hydrogen (secondary N) is 1. The molecule has 0 aliphatic rings. The van der Waals surface area contributed by atoms with E-state index in [0.717, 1.165) is 25.1 Å². The third kappa shape index (κ3) is 5.21. The molecule has 1 rings (SSSR count). The second kappa shape index (κ2) is 8.29. The van der Waals surface area contributed by atoms with Gasteiger partial charge in [0.25, 0.3) is 0 Å². The minimum Gasteiger partial charge on any atom is -0.472 e. The van der Waals surface area contributed by atoms with Gasteiger partial charge < -0.3 is 14.8 Å². The van der Waals surface area contributed by atoms with Crippen molar-refractivity contribution in [3.63, 3.8) is 0 Å². The van der Waals surface area contributed by atoms with Crippen molar-refractivity contribution < 1.29 is 9.47 Å². The zero-order chi connectivity index (χ0) is 13.4. The predicted octanol–water partition coefficient (Wildman–Crippen LogP) is 2.65. The van der Waals surface area contributed by atoms with Gasteiger partial charge in [-0.2, -0.15) is 0 Å². The van der Waals surface area contributed by atoms with Crippen LogP contribution in [0.5, 0.6) is 5.88 Å². The molecule has 0 aliphatic carbocycles. The Bertz CT molecular complexity index is 361. The quantitative estimate of drug-likeness (QED) is 0.739. The molecule has 0 aromatic carbocycles. The van der Waals surface area contributed by atoms with Crippen molar-refractivity contribution in [1.29, 1.82) is 0 Å². The van der Waals surface area contributed by atoms with E-state index in [2.05, 4.69) is 17.2 Å². The molecule has 1 aromatic rings. The molecule has 1 heterocycles. The largest absolute Gasteiger partial charge is 0.472 e. The van der Waals surface area contributed by atoms with Gasteiger partial charge in [-0.1, -0.05) is 18.5 Å². The number of aromatic nitrogens is 1. The van der Waals surface area contributed by atoms with Crippen molar-refractivity contribution >= 4 is 11.6 Å². The van der Waals surface area contributed by atoms with Crippen LogP contribution in [0.2, 0.25) is 5.02 Å². The van der Waals surface area contributed by atoms with Crippen molar-refractivity contribution in [2.24, 2.45) is 0 Å². The van der Waals surface area contributed by atoms with Gasteiger partial charge in [0.1, 0.15) is 6.10 Å². The molecule has 0 saturated heterocycles. The molecule has 5 heteroatoms. The highest BCUT2D eigenvalue weighted by Crippen LogP contribution is 2.20. The first kappa shape index (κ1) is 15.2. The van der Waals surface area contributed by atoms with E-state index in [1.165, 1.54) is 0 Å². The van der Waals surface area contributed by atoms with Crippen molar-refractivity contribution in [3.05, 3.63) is 22.8 Å². The first-order valence-corrected chi connectivity index (χ1v) is 6.55. The summed E-state index contributed by atoms with van der Waals surface area (Å²) in [5.74, 6) is 0.581. The van der Waals surface area contributed by atoms with E-state index in [1.807, 2.05) is 13.0 Å². The fraction of sp³-hybridized carbons (Fsp3) is 0.615. The lowest BCUT2D eigenvalue weighted by Gasteiger charge is -2.14. The molecule has 1 aromatic heterocycles. The molecular weight excluding hydrogens is 252 g/mol. The Hall–Kier alpha value is -0.840. The van der Waals surface area contributed by atoms with Crippen LogP contribution in [0.3, 0.4) is 0 Å². The summed E-state index contributed by atoms with van der Waals surface area (Å²) in [7, 11) is 1.65. The Morgan fingerprint density at radius 2 is 2.28 bits per heavy atom. The maximum absolute atomic E-state index is 6.09. The maximum atomic E-state index is 6.09. The second-order valence-corrected chi connectivity index (χ2v) is 4.58. The van der Waals surface area contributed by atoms with Gasteiger partial charge >= 0.3 is 0 Å². The Morgan fingerprint density at radius 1 is 1.50 bits per heavy atom. The number of halogens is 1. The first-order chi connectivity index (χ1) is 8.67. The molecule has 0 aliphatic heterocycles. The Labute approximate surface area is 114 Å². The first-order valence-electron chi connectivity index (χ1n) is 6.18. The molecule has 0 radical (unpaired) electrons. The van der Waals surface area contributed by atoms with Crippen LogP contribution in [-0.2, 0) is 11.3 Å². The van der Waals surface area contributed by atoms with E-state index in [9.17, 15) is 0 Å². The summed E-state index contributed by atoms with van der Waals surface area (Å²) in [6.45, 7) is 6.30. The Morgan fingerprint density at radius 3 is 2.94 bits per heavy atom. The van der Waals surface area contributed by atoms with Gasteiger partial charge in [0.05, 0.1) is 11.6 Å². The summed E-state index contributed by atoms with van der Waals surface area (Å²) in [4.78, 5) is 4.15. The Balaban J connectivity index is 2.61. The maximum Gasteiger partial charge on any atom is 0.213 e. The number of pyridine rings is 1. The summed E-state index contributed by atoms with van der Waals surface area (Å²) in [6.07, 6.45) is 2.69. The third-order valence-electron chi connectivity index (χ3n) is 2.38. The number of methoxy groups -OCH3 is 1. The summed E-state index contributed by atoms with van der Waals surface area (Å²) in [6, 6.07) is 1.87. The van der Waals surface area contributed by atoms with Gasteiger partial charge in [0.2, 0.25) is 5.88 Å². The topological polar surface area (TPSA) is 43.4 Å². The van der Waals surface area contributed by atoms with Crippen LogP contribution in [0.15, 0.2) is 12.3 Å². The SMILES string of the molecule is CCCNCc1cc(OC(C)COC)ncc1Cl. The average Bonchev–Trinajstić information content (AvgIpc) is 2.34. The summed E-state index contributed by atoms with van der Waals surface area (Å²) >= 11 is 6.09. The number of nitrogens with zero attached hydrogens (tertiary/aromatic N) is 1. The van der Waals surface area contributed by atoms with Crippen LogP contribution in [0.4, 0.5) is 0 Å². The van der Waals surface area contributed by atoms with Gasteiger partial charge in [0, 0.05) is 25.9 Å². The second-order valence-electron chi connectivity index (χ2n) is 4.17. The molecule has 0 spiro atoms. The monoisotopic (exact) mass is 272 g/mol. The van der Waals surface area contributed by atoms with E-state index < -0.39 is 0 Å². The lowest BCUT2D eigenvalue weighted by Crippen LogP contribution is -2.19. The molecule has 4 nitrogen and oxygen atoms in total. The van der Waals surface area contributed by atoms with Crippen molar-refractivity contribution in [1.82, 2.24) is 10.3 Å². The molecule has 1 N–H and O–H groups in total. The minimum absolute atomic E-state index is 0.0277. The summed E-state index contributed by atoms with van der Waals surface area (Å²) < 4.78 is 10.7. The van der Waals surface area contributed by atoms with Gasteiger partial charge in [-0.15, -0.1) is 0 Å². The number of rotatable bonds is 8. The molecule has 0 amide bonds. The lowest BCUT2D eigenvalue weighted by molar-refractivity contribution is 0.0889. The molecular formula is C13H21ClN2O2. The normalized spacial score (nSPS) is 12.4. The molecule has 0 saturated carbocycles. The van der Waals surface area contributed by atoms with Crippen molar-refractivity contribution in [2.45, 2.75) is 32.9 Å². The van der Waals surface area contributed by atoms with E-state index >= 15 is 0 Å². The highest BCUT2D eigenvalue weighted by molar-refractivity contribution is 6.31. The zero-order valence-electron chi connectivity index (χ0n) is 11.2.